The maximum absolute atomic E-state index is 12.7. The van der Waals surface area contributed by atoms with E-state index < -0.39 is 10.8 Å². The van der Waals surface area contributed by atoms with Crippen LogP contribution in [-0.2, 0) is 9.59 Å². The SMILES string of the molecule is Cc1ccc(N2C[C@@H](C(=O)Nc3ccc(Oc4ccc(Cl)cc4)cc3)CC2=O)cc1[N+](=O)[O-]. The summed E-state index contributed by atoms with van der Waals surface area (Å²) in [6.07, 6.45) is 0.0330. The van der Waals surface area contributed by atoms with Crippen molar-refractivity contribution in [3.8, 4) is 11.5 Å². The van der Waals surface area contributed by atoms with Gasteiger partial charge in [-0.05, 0) is 61.5 Å². The second-order valence-electron chi connectivity index (χ2n) is 7.70. The monoisotopic (exact) mass is 465 g/mol. The summed E-state index contributed by atoms with van der Waals surface area (Å²) < 4.78 is 5.73. The van der Waals surface area contributed by atoms with Gasteiger partial charge in [-0.1, -0.05) is 17.7 Å². The van der Waals surface area contributed by atoms with Gasteiger partial charge in [0.05, 0.1) is 16.5 Å². The first kappa shape index (κ1) is 22.3. The summed E-state index contributed by atoms with van der Waals surface area (Å²) in [5.74, 6) is 0.122. The van der Waals surface area contributed by atoms with Gasteiger partial charge in [0.25, 0.3) is 5.69 Å². The van der Waals surface area contributed by atoms with Crippen molar-refractivity contribution in [2.75, 3.05) is 16.8 Å². The smallest absolute Gasteiger partial charge is 0.274 e. The Hall–Kier alpha value is -3.91. The van der Waals surface area contributed by atoms with Gasteiger partial charge in [-0.2, -0.15) is 0 Å². The van der Waals surface area contributed by atoms with Crippen molar-refractivity contribution >= 4 is 40.5 Å². The highest BCUT2D eigenvalue weighted by Gasteiger charge is 2.35. The Morgan fingerprint density at radius 3 is 2.36 bits per heavy atom. The molecule has 0 saturated carbocycles. The third kappa shape index (κ3) is 5.12. The largest absolute Gasteiger partial charge is 0.457 e. The molecule has 168 valence electrons. The van der Waals surface area contributed by atoms with Crippen LogP contribution in [0.25, 0.3) is 0 Å². The molecule has 0 bridgehead atoms. The van der Waals surface area contributed by atoms with E-state index in [0.717, 1.165) is 0 Å². The Balaban J connectivity index is 1.39. The van der Waals surface area contributed by atoms with E-state index in [1.165, 1.54) is 11.0 Å². The number of aryl methyl sites for hydroxylation is 1. The predicted octanol–water partition coefficient (Wildman–Crippen LogP) is 5.34. The van der Waals surface area contributed by atoms with Gasteiger partial charge in [0.15, 0.2) is 0 Å². The zero-order chi connectivity index (χ0) is 23.5. The van der Waals surface area contributed by atoms with Crippen LogP contribution in [-0.4, -0.2) is 23.3 Å². The van der Waals surface area contributed by atoms with Gasteiger partial charge in [0, 0.05) is 35.3 Å². The highest BCUT2D eigenvalue weighted by atomic mass is 35.5. The summed E-state index contributed by atoms with van der Waals surface area (Å²) in [7, 11) is 0. The van der Waals surface area contributed by atoms with Crippen molar-refractivity contribution in [3.05, 3.63) is 87.4 Å². The van der Waals surface area contributed by atoms with E-state index in [1.54, 1.807) is 67.6 Å². The molecule has 1 N–H and O–H groups in total. The Kier molecular flexibility index (Phi) is 6.28. The third-order valence-corrected chi connectivity index (χ3v) is 5.62. The minimum atomic E-state index is -0.567. The van der Waals surface area contributed by atoms with Crippen LogP contribution in [0.1, 0.15) is 12.0 Å². The molecule has 1 heterocycles. The highest BCUT2D eigenvalue weighted by molar-refractivity contribution is 6.30. The molecule has 1 atom stereocenters. The summed E-state index contributed by atoms with van der Waals surface area (Å²) in [5.41, 5.74) is 1.43. The van der Waals surface area contributed by atoms with E-state index in [2.05, 4.69) is 5.32 Å². The summed E-state index contributed by atoms with van der Waals surface area (Å²) in [4.78, 5) is 37.4. The number of nitro benzene ring substituents is 1. The van der Waals surface area contributed by atoms with Gasteiger partial charge in [0.1, 0.15) is 11.5 Å². The molecule has 3 aromatic rings. The molecule has 9 heteroatoms. The number of hydrogen-bond donors (Lipinski definition) is 1. The van der Waals surface area contributed by atoms with E-state index in [9.17, 15) is 19.7 Å². The predicted molar refractivity (Wildman–Crippen MR) is 125 cm³/mol. The van der Waals surface area contributed by atoms with Crippen molar-refractivity contribution in [2.24, 2.45) is 5.92 Å². The molecule has 1 aliphatic rings. The summed E-state index contributed by atoms with van der Waals surface area (Å²) in [6.45, 7) is 1.79. The van der Waals surface area contributed by atoms with Crippen molar-refractivity contribution in [2.45, 2.75) is 13.3 Å². The van der Waals surface area contributed by atoms with E-state index >= 15 is 0 Å². The molecule has 1 aliphatic heterocycles. The molecule has 2 amide bonds. The van der Waals surface area contributed by atoms with E-state index in [0.29, 0.717) is 33.5 Å². The van der Waals surface area contributed by atoms with Crippen LogP contribution in [0, 0.1) is 23.0 Å². The van der Waals surface area contributed by atoms with Crippen LogP contribution in [0.5, 0.6) is 11.5 Å². The van der Waals surface area contributed by atoms with Gasteiger partial charge < -0.3 is 15.0 Å². The number of carbonyl (C=O) groups excluding carboxylic acids is 2. The topological polar surface area (TPSA) is 102 Å². The number of hydrogen-bond acceptors (Lipinski definition) is 5. The van der Waals surface area contributed by atoms with Crippen LogP contribution in [0.2, 0.25) is 5.02 Å². The van der Waals surface area contributed by atoms with E-state index in [-0.39, 0.29) is 30.5 Å². The molecular formula is C24H20ClN3O5. The number of carbonyl (C=O) groups is 2. The van der Waals surface area contributed by atoms with Gasteiger partial charge in [-0.25, -0.2) is 0 Å². The summed E-state index contributed by atoms with van der Waals surface area (Å²) in [5, 5.41) is 14.6. The number of amides is 2. The lowest BCUT2D eigenvalue weighted by Crippen LogP contribution is -2.28. The molecule has 4 rings (SSSR count). The Labute approximate surface area is 194 Å². The van der Waals surface area contributed by atoms with Crippen LogP contribution < -0.4 is 15.0 Å². The molecule has 8 nitrogen and oxygen atoms in total. The number of rotatable bonds is 6. The third-order valence-electron chi connectivity index (χ3n) is 5.37. The number of anilines is 2. The lowest BCUT2D eigenvalue weighted by atomic mass is 10.1. The first-order valence-corrected chi connectivity index (χ1v) is 10.6. The highest BCUT2D eigenvalue weighted by Crippen LogP contribution is 2.31. The maximum atomic E-state index is 12.7. The maximum Gasteiger partial charge on any atom is 0.274 e. The van der Waals surface area contributed by atoms with Crippen LogP contribution in [0.3, 0.4) is 0 Å². The number of nitrogens with zero attached hydrogens (tertiary/aromatic N) is 2. The van der Waals surface area contributed by atoms with Gasteiger partial charge >= 0.3 is 0 Å². The molecular weight excluding hydrogens is 446 g/mol. The van der Waals surface area contributed by atoms with Crippen LogP contribution in [0.4, 0.5) is 17.1 Å². The fourth-order valence-electron chi connectivity index (χ4n) is 3.58. The van der Waals surface area contributed by atoms with E-state index in [4.69, 9.17) is 16.3 Å². The Bertz CT molecular complexity index is 1210. The number of ether oxygens (including phenoxy) is 1. The first-order valence-electron chi connectivity index (χ1n) is 10.2. The summed E-state index contributed by atoms with van der Waals surface area (Å²) >= 11 is 5.87. The second-order valence-corrected chi connectivity index (χ2v) is 8.14. The number of halogens is 1. The molecule has 0 spiro atoms. The molecule has 3 aromatic carbocycles. The van der Waals surface area contributed by atoms with Gasteiger partial charge in [-0.15, -0.1) is 0 Å². The van der Waals surface area contributed by atoms with Gasteiger partial charge in [0.2, 0.25) is 11.8 Å². The Morgan fingerprint density at radius 1 is 1.09 bits per heavy atom. The summed E-state index contributed by atoms with van der Waals surface area (Å²) in [6, 6.07) is 18.5. The molecule has 1 fully saturated rings. The molecule has 33 heavy (non-hydrogen) atoms. The standard InChI is InChI=1S/C24H20ClN3O5/c1-15-2-7-19(13-22(15)28(31)32)27-14-16(12-23(27)29)24(30)26-18-5-10-21(11-6-18)33-20-8-3-17(25)4-9-20/h2-11,13,16H,12,14H2,1H3,(H,26,30)/t16-/m0/s1. The normalized spacial score (nSPS) is 15.4. The lowest BCUT2D eigenvalue weighted by molar-refractivity contribution is -0.385. The number of benzene rings is 3. The lowest BCUT2D eigenvalue weighted by Gasteiger charge is -2.17. The van der Waals surface area contributed by atoms with Crippen LogP contribution >= 0.6 is 11.6 Å². The zero-order valence-electron chi connectivity index (χ0n) is 17.7. The number of nitro groups is 1. The second kappa shape index (κ2) is 9.30. The van der Waals surface area contributed by atoms with Crippen molar-refractivity contribution < 1.29 is 19.2 Å². The Morgan fingerprint density at radius 2 is 1.73 bits per heavy atom. The van der Waals surface area contributed by atoms with Gasteiger partial charge in [-0.3, -0.25) is 19.7 Å². The zero-order valence-corrected chi connectivity index (χ0v) is 18.4. The van der Waals surface area contributed by atoms with Crippen LogP contribution in [0.15, 0.2) is 66.7 Å². The molecule has 0 aliphatic carbocycles. The average Bonchev–Trinajstić information content (AvgIpc) is 3.18. The quantitative estimate of drug-likeness (QED) is 0.391. The molecule has 0 unspecified atom stereocenters. The average molecular weight is 466 g/mol. The van der Waals surface area contributed by atoms with Crippen molar-refractivity contribution in [1.82, 2.24) is 0 Å². The van der Waals surface area contributed by atoms with E-state index in [1.807, 2.05) is 0 Å². The first-order chi connectivity index (χ1) is 15.8. The minimum absolute atomic E-state index is 0.0330. The fourth-order valence-corrected chi connectivity index (χ4v) is 3.71. The van der Waals surface area contributed by atoms with Crippen molar-refractivity contribution in [3.63, 3.8) is 0 Å². The minimum Gasteiger partial charge on any atom is -0.457 e. The molecule has 0 radical (unpaired) electrons. The van der Waals surface area contributed by atoms with Crippen molar-refractivity contribution in [1.29, 1.82) is 0 Å². The molecule has 1 saturated heterocycles. The number of nitrogens with one attached hydrogen (secondary N) is 1. The fraction of sp³-hybridized carbons (Fsp3) is 0.167. The molecule has 0 aromatic heterocycles.